The van der Waals surface area contributed by atoms with Crippen LogP contribution >= 0.6 is 0 Å². The number of benzene rings is 4. The SMILES string of the molecule is CC(C)(C(F)(F)F)C(F)(F)F.CC(C1CCCCC1)(C(F)(F)F)C(F)(F)F.CC(c1ccc(Oc2ccc(C(C)(C(F)(F)F)C(F)(F)F)cc2)cc1)(C(F)(F)F)C(F)(F)F.Cc1ccc(C(c2ccc(C)cc2)(C(F)(F)F)C(F)(F)F)cc1. The van der Waals surface area contributed by atoms with Crippen molar-refractivity contribution in [3.8, 4) is 11.5 Å². The molecule has 1 aliphatic rings. The second kappa shape index (κ2) is 24.5. The highest BCUT2D eigenvalue weighted by Crippen LogP contribution is 2.60. The molecule has 0 aliphatic heterocycles. The molecule has 1 saturated carbocycles. The average molecular weight is 1260 g/mol. The van der Waals surface area contributed by atoms with Gasteiger partial charge in [-0.25, -0.2) is 0 Å². The molecule has 0 amide bonds. The van der Waals surface area contributed by atoms with Crippen LogP contribution in [0.2, 0.25) is 0 Å². The Bertz CT molecular complexity index is 2440. The number of hydrogen-bond donors (Lipinski definition) is 0. The summed E-state index contributed by atoms with van der Waals surface area (Å²) in [5.41, 5.74) is -22.4. The number of rotatable bonds is 7. The first kappa shape index (κ1) is 73.7. The molecule has 1 nitrogen and oxygen atoms in total. The van der Waals surface area contributed by atoms with E-state index in [1.807, 2.05) is 0 Å². The maximum atomic E-state index is 13.7. The molecule has 0 spiro atoms. The quantitative estimate of drug-likeness (QED) is 0.168. The molecule has 0 unspecified atom stereocenters. The van der Waals surface area contributed by atoms with Gasteiger partial charge in [-0.2, -0.15) is 132 Å². The lowest BCUT2D eigenvalue weighted by molar-refractivity contribution is -0.354. The second-order valence-electron chi connectivity index (χ2n) is 20.0. The molecule has 0 saturated heterocycles. The molecule has 4 aromatic rings. The molecule has 1 fully saturated rings. The van der Waals surface area contributed by atoms with Crippen LogP contribution in [0.1, 0.15) is 100 Å². The smallest absolute Gasteiger partial charge is 0.411 e. The minimum atomic E-state index is -5.67. The van der Waals surface area contributed by atoms with Gasteiger partial charge in [0.1, 0.15) is 11.5 Å². The van der Waals surface area contributed by atoms with Crippen LogP contribution in [0.15, 0.2) is 97.1 Å². The summed E-state index contributed by atoms with van der Waals surface area (Å²) in [4.78, 5) is 0. The van der Waals surface area contributed by atoms with Gasteiger partial charge in [0.25, 0.3) is 0 Å². The summed E-state index contributed by atoms with van der Waals surface area (Å²) in [7, 11) is 0. The van der Waals surface area contributed by atoms with Crippen molar-refractivity contribution < 1.29 is 136 Å². The molecule has 1 aliphatic carbocycles. The van der Waals surface area contributed by atoms with E-state index in [1.54, 1.807) is 13.8 Å². The highest BCUT2D eigenvalue weighted by atomic mass is 19.5. The van der Waals surface area contributed by atoms with Gasteiger partial charge in [-0.3, -0.25) is 0 Å². The zero-order valence-electron chi connectivity index (χ0n) is 43.6. The van der Waals surface area contributed by atoms with Gasteiger partial charge in [0.05, 0.1) is 0 Å². The maximum Gasteiger partial charge on any atom is 0.411 e. The van der Waals surface area contributed by atoms with Crippen LogP contribution in [-0.2, 0) is 16.2 Å². The standard InChI is InChI=1S/C20H14F12O.C17H14F6.C10H14F6.C5H6F6/c1-15(17(21,22)23,18(24,25)26)11-3-7-13(8-4-11)33-14-9-5-12(6-10-14)16(2,19(27,28)29)20(30,31)32;1-11-3-7-13(8-4-11)15(16(18,19)20,17(21,22)23)14-9-5-12(2)6-10-14;1-8(9(11,12)13,10(14,15)16)7-5-3-2-4-6-7;1-3(2,4(6,7)8)5(9,10)11/h3-10H,1-2H3;3-10H,1-2H3;7H,2-6H2,1H3;1-2H3. The summed E-state index contributed by atoms with van der Waals surface area (Å²) in [6, 6.07) is 13.6. The summed E-state index contributed by atoms with van der Waals surface area (Å²) < 4.78 is 391. The van der Waals surface area contributed by atoms with Gasteiger partial charge >= 0.3 is 61.8 Å². The number of ether oxygens (including phenoxy) is 1. The molecular formula is C52H48F30O. The summed E-state index contributed by atoms with van der Waals surface area (Å²) in [5, 5.41) is 0. The molecule has 31 heteroatoms. The van der Waals surface area contributed by atoms with Crippen molar-refractivity contribution in [3.63, 3.8) is 0 Å². The van der Waals surface area contributed by atoms with Gasteiger partial charge in [0.15, 0.2) is 21.7 Å². The fourth-order valence-electron chi connectivity index (χ4n) is 7.88. The lowest BCUT2D eigenvalue weighted by Crippen LogP contribution is -2.54. The van der Waals surface area contributed by atoms with E-state index in [9.17, 15) is 132 Å². The van der Waals surface area contributed by atoms with E-state index in [2.05, 4.69) is 0 Å². The number of alkyl halides is 30. The molecule has 83 heavy (non-hydrogen) atoms. The van der Waals surface area contributed by atoms with Crippen molar-refractivity contribution in [2.75, 3.05) is 0 Å². The normalized spacial score (nSPS) is 15.5. The van der Waals surface area contributed by atoms with Gasteiger partial charge in [-0.05, 0) is 114 Å². The Morgan fingerprint density at radius 2 is 0.530 bits per heavy atom. The lowest BCUT2D eigenvalue weighted by Gasteiger charge is -2.42. The highest BCUT2D eigenvalue weighted by molar-refractivity contribution is 5.46. The number of hydrogen-bond acceptors (Lipinski definition) is 1. The monoisotopic (exact) mass is 1260 g/mol. The largest absolute Gasteiger partial charge is 0.457 e. The third-order valence-corrected chi connectivity index (χ3v) is 14.2. The average Bonchev–Trinajstić information content (AvgIpc) is 3.30. The molecule has 0 radical (unpaired) electrons. The van der Waals surface area contributed by atoms with E-state index in [-0.39, 0.29) is 52.0 Å². The van der Waals surface area contributed by atoms with Gasteiger partial charge < -0.3 is 4.74 Å². The van der Waals surface area contributed by atoms with Crippen LogP contribution in [0, 0.1) is 30.6 Å². The molecule has 0 heterocycles. The highest BCUT2D eigenvalue weighted by Gasteiger charge is 2.74. The first-order valence-corrected chi connectivity index (χ1v) is 23.5. The maximum absolute atomic E-state index is 13.7. The van der Waals surface area contributed by atoms with Crippen LogP contribution in [-0.4, -0.2) is 61.8 Å². The Morgan fingerprint density at radius 3 is 0.723 bits per heavy atom. The summed E-state index contributed by atoms with van der Waals surface area (Å²) in [5.74, 6) is -1.93. The summed E-state index contributed by atoms with van der Waals surface area (Å²) in [6.07, 6.45) is -53.1. The fourth-order valence-corrected chi connectivity index (χ4v) is 7.88. The topological polar surface area (TPSA) is 9.23 Å². The van der Waals surface area contributed by atoms with Gasteiger partial charge in [0, 0.05) is 0 Å². The molecular weight excluding hydrogens is 1210 g/mol. The summed E-state index contributed by atoms with van der Waals surface area (Å²) >= 11 is 0. The van der Waals surface area contributed by atoms with Crippen molar-refractivity contribution in [1.29, 1.82) is 0 Å². The van der Waals surface area contributed by atoms with Crippen molar-refractivity contribution in [2.45, 2.75) is 159 Å². The van der Waals surface area contributed by atoms with Crippen LogP contribution in [0.25, 0.3) is 0 Å². The molecule has 0 bridgehead atoms. The van der Waals surface area contributed by atoms with E-state index in [0.29, 0.717) is 55.2 Å². The third kappa shape index (κ3) is 15.4. The minimum absolute atomic E-state index is 0.00944. The Kier molecular flexibility index (Phi) is 21.8. The van der Waals surface area contributed by atoms with Gasteiger partial charge in [0.2, 0.25) is 5.41 Å². The second-order valence-corrected chi connectivity index (χ2v) is 20.0. The Labute approximate surface area is 453 Å². The third-order valence-electron chi connectivity index (χ3n) is 14.2. The Morgan fingerprint density at radius 1 is 0.289 bits per heavy atom. The molecule has 0 atom stereocenters. The zero-order chi connectivity index (χ0) is 65.3. The number of aryl methyl sites for hydroxylation is 2. The minimum Gasteiger partial charge on any atom is -0.457 e. The predicted molar refractivity (Wildman–Crippen MR) is 240 cm³/mol. The van der Waals surface area contributed by atoms with E-state index < -0.39 is 117 Å². The molecule has 0 N–H and O–H groups in total. The van der Waals surface area contributed by atoms with Crippen molar-refractivity contribution in [3.05, 3.63) is 130 Å². The molecule has 5 rings (SSSR count). The summed E-state index contributed by atoms with van der Waals surface area (Å²) in [6.45, 7) is 3.61. The fraction of sp³-hybridized carbons (Fsp3) is 0.538. The Hall–Kier alpha value is -5.42. The molecule has 0 aromatic heterocycles. The molecule has 4 aromatic carbocycles. The van der Waals surface area contributed by atoms with Crippen molar-refractivity contribution >= 4 is 0 Å². The van der Waals surface area contributed by atoms with Crippen LogP contribution in [0.5, 0.6) is 11.5 Å². The first-order valence-electron chi connectivity index (χ1n) is 23.5. The Balaban J connectivity index is 0.000000408. The van der Waals surface area contributed by atoms with Crippen molar-refractivity contribution in [1.82, 2.24) is 0 Å². The number of halogens is 30. The van der Waals surface area contributed by atoms with Crippen molar-refractivity contribution in [2.24, 2.45) is 16.7 Å². The van der Waals surface area contributed by atoms with Crippen LogP contribution in [0.4, 0.5) is 132 Å². The van der Waals surface area contributed by atoms with E-state index in [4.69, 9.17) is 4.74 Å². The van der Waals surface area contributed by atoms with Gasteiger partial charge in [-0.15, -0.1) is 0 Å². The zero-order valence-corrected chi connectivity index (χ0v) is 43.6. The first-order chi connectivity index (χ1) is 36.8. The lowest BCUT2D eigenvalue weighted by atomic mass is 9.69. The van der Waals surface area contributed by atoms with Crippen LogP contribution in [0.3, 0.4) is 0 Å². The molecule has 472 valence electrons. The predicted octanol–water partition coefficient (Wildman–Crippen LogP) is 21.8. The van der Waals surface area contributed by atoms with E-state index in [0.717, 1.165) is 55.0 Å². The van der Waals surface area contributed by atoms with Crippen LogP contribution < -0.4 is 4.74 Å². The van der Waals surface area contributed by atoms with E-state index in [1.165, 1.54) is 24.3 Å². The van der Waals surface area contributed by atoms with Gasteiger partial charge in [-0.1, -0.05) is 103 Å². The van der Waals surface area contributed by atoms with E-state index >= 15 is 0 Å².